The Morgan fingerprint density at radius 3 is 2.42 bits per heavy atom. The van der Waals surface area contributed by atoms with Gasteiger partial charge >= 0.3 is 0 Å². The third kappa shape index (κ3) is 1.53. The Hall–Kier alpha value is -0.770. The van der Waals surface area contributed by atoms with Crippen LogP contribution in [0, 0.1) is 5.92 Å². The highest BCUT2D eigenvalue weighted by atomic mass is 32.2. The third-order valence-corrected chi connectivity index (χ3v) is 2.49. The first-order valence-corrected chi connectivity index (χ1v) is 4.66. The highest BCUT2D eigenvalue weighted by Crippen LogP contribution is 2.26. The molecule has 0 aromatic rings. The Morgan fingerprint density at radius 1 is 1.50 bits per heavy atom. The van der Waals surface area contributed by atoms with E-state index >= 15 is 0 Å². The molecule has 0 amide bonds. The molecule has 66 valence electrons. The van der Waals surface area contributed by atoms with Gasteiger partial charge in [-0.05, 0) is 0 Å². The standard InChI is InChI=1S/C8H10O3S/c1-4(2)7(10)6-5(9)3-12-8(6)11/h4,10H,3H2,1-2H3. The summed E-state index contributed by atoms with van der Waals surface area (Å²) in [5.41, 5.74) is -0.00463. The second kappa shape index (κ2) is 3.31. The van der Waals surface area contributed by atoms with Crippen LogP contribution in [0.3, 0.4) is 0 Å². The number of aliphatic hydroxyl groups excluding tert-OH is 1. The summed E-state index contributed by atoms with van der Waals surface area (Å²) in [7, 11) is 0. The smallest absolute Gasteiger partial charge is 0.226 e. The Balaban J connectivity index is 3.06. The molecule has 1 aliphatic rings. The molecule has 1 rings (SSSR count). The summed E-state index contributed by atoms with van der Waals surface area (Å²) in [6, 6.07) is 0. The lowest BCUT2D eigenvalue weighted by Gasteiger charge is -2.04. The van der Waals surface area contributed by atoms with Crippen LogP contribution in [0.25, 0.3) is 0 Å². The van der Waals surface area contributed by atoms with Crippen molar-refractivity contribution < 1.29 is 14.7 Å². The van der Waals surface area contributed by atoms with Gasteiger partial charge in [-0.3, -0.25) is 9.59 Å². The molecule has 1 aliphatic heterocycles. The molecule has 0 aliphatic carbocycles. The zero-order valence-electron chi connectivity index (χ0n) is 6.96. The van der Waals surface area contributed by atoms with E-state index < -0.39 is 0 Å². The molecular weight excluding hydrogens is 176 g/mol. The summed E-state index contributed by atoms with van der Waals surface area (Å²) in [5.74, 6) is -0.317. The first-order valence-electron chi connectivity index (χ1n) is 3.67. The van der Waals surface area contributed by atoms with E-state index in [1.807, 2.05) is 0 Å². The zero-order valence-corrected chi connectivity index (χ0v) is 7.77. The summed E-state index contributed by atoms with van der Waals surface area (Å²) in [6.07, 6.45) is 0. The van der Waals surface area contributed by atoms with E-state index in [2.05, 4.69) is 0 Å². The molecule has 0 saturated carbocycles. The van der Waals surface area contributed by atoms with Gasteiger partial charge in [-0.2, -0.15) is 0 Å². The predicted octanol–water partition coefficient (Wildman–Crippen LogP) is 1.30. The molecule has 0 unspecified atom stereocenters. The van der Waals surface area contributed by atoms with Crippen LogP contribution in [0.2, 0.25) is 0 Å². The van der Waals surface area contributed by atoms with Crippen LogP contribution >= 0.6 is 11.8 Å². The Morgan fingerprint density at radius 2 is 2.08 bits per heavy atom. The highest BCUT2D eigenvalue weighted by molar-refractivity contribution is 8.15. The second-order valence-corrected chi connectivity index (χ2v) is 3.86. The second-order valence-electron chi connectivity index (χ2n) is 2.91. The minimum Gasteiger partial charge on any atom is -0.511 e. The van der Waals surface area contributed by atoms with Crippen molar-refractivity contribution in [1.82, 2.24) is 0 Å². The predicted molar refractivity (Wildman–Crippen MR) is 47.0 cm³/mol. The molecule has 0 spiro atoms. The Bertz CT molecular complexity index is 247. The quantitative estimate of drug-likeness (QED) is 0.381. The normalized spacial score (nSPS) is 22.2. The molecule has 3 nitrogen and oxygen atoms in total. The summed E-state index contributed by atoms with van der Waals surface area (Å²) in [4.78, 5) is 22.1. The van der Waals surface area contributed by atoms with Crippen molar-refractivity contribution in [3.63, 3.8) is 0 Å². The van der Waals surface area contributed by atoms with Crippen LogP contribution in [0.5, 0.6) is 0 Å². The van der Waals surface area contributed by atoms with Crippen LogP contribution in [0.1, 0.15) is 13.8 Å². The molecule has 1 fully saturated rings. The average molecular weight is 186 g/mol. The minimum absolute atomic E-state index is 0.00463. The van der Waals surface area contributed by atoms with Crippen LogP contribution in [-0.4, -0.2) is 21.8 Å². The maximum atomic E-state index is 11.1. The van der Waals surface area contributed by atoms with Gasteiger partial charge < -0.3 is 5.11 Å². The van der Waals surface area contributed by atoms with Gasteiger partial charge in [0.25, 0.3) is 0 Å². The van der Waals surface area contributed by atoms with Crippen LogP contribution < -0.4 is 0 Å². The SMILES string of the molecule is CC(C)C(O)=C1C(=O)CSC1=O. The number of rotatable bonds is 1. The maximum absolute atomic E-state index is 11.1. The lowest BCUT2D eigenvalue weighted by atomic mass is 10.1. The highest BCUT2D eigenvalue weighted by Gasteiger charge is 2.31. The van der Waals surface area contributed by atoms with E-state index in [9.17, 15) is 14.7 Å². The zero-order chi connectivity index (χ0) is 9.30. The molecule has 0 atom stereocenters. The molecule has 0 radical (unpaired) electrons. The third-order valence-electron chi connectivity index (χ3n) is 1.62. The van der Waals surface area contributed by atoms with Gasteiger partial charge in [0.15, 0.2) is 5.78 Å². The largest absolute Gasteiger partial charge is 0.511 e. The number of thioether (sulfide) groups is 1. The topological polar surface area (TPSA) is 54.4 Å². The number of Topliss-reactive ketones (excluding diaryl/α,β-unsaturated/α-hetero) is 1. The van der Waals surface area contributed by atoms with E-state index in [1.54, 1.807) is 13.8 Å². The summed E-state index contributed by atoms with van der Waals surface area (Å²) < 4.78 is 0. The number of hydrogen-bond donors (Lipinski definition) is 1. The number of carbonyl (C=O) groups is 2. The van der Waals surface area contributed by atoms with Gasteiger partial charge in [0, 0.05) is 5.92 Å². The molecule has 0 bridgehead atoms. The fourth-order valence-corrected chi connectivity index (χ4v) is 1.69. The van der Waals surface area contributed by atoms with E-state index in [-0.39, 0.29) is 33.9 Å². The van der Waals surface area contributed by atoms with Crippen LogP contribution in [0.4, 0.5) is 0 Å². The summed E-state index contributed by atoms with van der Waals surface area (Å²) >= 11 is 0.953. The van der Waals surface area contributed by atoms with Crippen molar-refractivity contribution in [3.8, 4) is 0 Å². The summed E-state index contributed by atoms with van der Waals surface area (Å²) in [6.45, 7) is 3.48. The first kappa shape index (κ1) is 9.32. The molecule has 0 aromatic heterocycles. The monoisotopic (exact) mass is 186 g/mol. The number of carbonyl (C=O) groups excluding carboxylic acids is 2. The Labute approximate surface area is 74.8 Å². The molecule has 4 heteroatoms. The molecular formula is C8H10O3S. The lowest BCUT2D eigenvalue weighted by Crippen LogP contribution is -2.08. The van der Waals surface area contributed by atoms with Crippen molar-refractivity contribution in [2.75, 3.05) is 5.75 Å². The van der Waals surface area contributed by atoms with Gasteiger partial charge in [-0.25, -0.2) is 0 Å². The summed E-state index contributed by atoms with van der Waals surface area (Å²) in [5, 5.41) is 9.09. The number of aliphatic hydroxyl groups is 1. The molecule has 0 aromatic carbocycles. The van der Waals surface area contributed by atoms with Gasteiger partial charge in [-0.1, -0.05) is 25.6 Å². The minimum atomic E-state index is -0.300. The van der Waals surface area contributed by atoms with Crippen LogP contribution in [0.15, 0.2) is 11.3 Å². The van der Waals surface area contributed by atoms with Gasteiger partial charge in [0.1, 0.15) is 11.3 Å². The van der Waals surface area contributed by atoms with Gasteiger partial charge in [0.2, 0.25) is 5.12 Å². The van der Waals surface area contributed by atoms with E-state index in [1.165, 1.54) is 0 Å². The van der Waals surface area contributed by atoms with Gasteiger partial charge in [0.05, 0.1) is 5.75 Å². The van der Waals surface area contributed by atoms with E-state index in [4.69, 9.17) is 0 Å². The van der Waals surface area contributed by atoms with Gasteiger partial charge in [-0.15, -0.1) is 0 Å². The first-order chi connectivity index (χ1) is 5.54. The molecule has 1 heterocycles. The van der Waals surface area contributed by atoms with Crippen molar-refractivity contribution >= 4 is 22.7 Å². The van der Waals surface area contributed by atoms with E-state index in [0.29, 0.717) is 0 Å². The number of ketones is 1. The lowest BCUT2D eigenvalue weighted by molar-refractivity contribution is -0.115. The fraction of sp³-hybridized carbons (Fsp3) is 0.500. The van der Waals surface area contributed by atoms with Crippen molar-refractivity contribution in [3.05, 3.63) is 11.3 Å². The van der Waals surface area contributed by atoms with Crippen molar-refractivity contribution in [2.24, 2.45) is 5.92 Å². The maximum Gasteiger partial charge on any atom is 0.226 e. The fourth-order valence-electron chi connectivity index (χ4n) is 0.925. The molecule has 12 heavy (non-hydrogen) atoms. The average Bonchev–Trinajstić information content (AvgIpc) is 2.30. The number of allylic oxidation sites excluding steroid dienone is 1. The van der Waals surface area contributed by atoms with E-state index in [0.717, 1.165) is 11.8 Å². The number of hydrogen-bond acceptors (Lipinski definition) is 4. The molecule has 1 N–H and O–H groups in total. The van der Waals surface area contributed by atoms with Crippen LogP contribution in [-0.2, 0) is 9.59 Å². The molecule has 1 saturated heterocycles. The van der Waals surface area contributed by atoms with Crippen molar-refractivity contribution in [1.29, 1.82) is 0 Å². The van der Waals surface area contributed by atoms with Crippen molar-refractivity contribution in [2.45, 2.75) is 13.8 Å². The Kier molecular flexibility index (Phi) is 2.57.